The van der Waals surface area contributed by atoms with Crippen molar-refractivity contribution in [2.75, 3.05) is 31.8 Å². The van der Waals surface area contributed by atoms with E-state index in [1.54, 1.807) is 30.3 Å². The summed E-state index contributed by atoms with van der Waals surface area (Å²) in [5.41, 5.74) is 1.34. The van der Waals surface area contributed by atoms with Gasteiger partial charge in [0.15, 0.2) is 11.5 Å². The Balaban J connectivity index is 1.73. The van der Waals surface area contributed by atoms with Crippen LogP contribution < -0.4 is 5.01 Å². The molecule has 1 aliphatic heterocycles. The summed E-state index contributed by atoms with van der Waals surface area (Å²) >= 11 is 0. The van der Waals surface area contributed by atoms with Crippen molar-refractivity contribution in [3.8, 4) is 0 Å². The fourth-order valence-corrected chi connectivity index (χ4v) is 5.09. The zero-order chi connectivity index (χ0) is 20.6. The molecule has 0 saturated carbocycles. The van der Waals surface area contributed by atoms with Gasteiger partial charge in [-0.2, -0.15) is 0 Å². The van der Waals surface area contributed by atoms with Crippen LogP contribution in [0.2, 0.25) is 0 Å². The molecule has 0 spiro atoms. The summed E-state index contributed by atoms with van der Waals surface area (Å²) in [6, 6.07) is 8.50. The smallest absolute Gasteiger partial charge is 0.269 e. The molecule has 1 aromatic carbocycles. The maximum absolute atomic E-state index is 13.1. The first-order valence-corrected chi connectivity index (χ1v) is 11.1. The molecule has 0 bridgehead atoms. The largest absolute Gasteiger partial charge is 0.396 e. The van der Waals surface area contributed by atoms with Gasteiger partial charge >= 0.3 is 0 Å². The Labute approximate surface area is 170 Å². The Hall–Kier alpha value is -2.49. The summed E-state index contributed by atoms with van der Waals surface area (Å²) in [6.07, 6.45) is 4.92. The van der Waals surface area contributed by atoms with Crippen LogP contribution in [0.25, 0.3) is 11.0 Å². The molecule has 154 valence electrons. The van der Waals surface area contributed by atoms with Gasteiger partial charge in [0.2, 0.25) is 0 Å². The van der Waals surface area contributed by atoms with E-state index in [1.165, 1.54) is 16.5 Å². The van der Waals surface area contributed by atoms with Crippen LogP contribution in [0, 0.1) is 12.8 Å². The second kappa shape index (κ2) is 7.74. The number of hydrazine groups is 1. The number of aliphatic hydroxyl groups excluding tert-OH is 1. The molecule has 1 atom stereocenters. The molecule has 2 aromatic heterocycles. The molecule has 9 heteroatoms. The normalized spacial score (nSPS) is 18.2. The number of benzene rings is 1. The Bertz CT molecular complexity index is 1110. The highest BCUT2D eigenvalue weighted by Crippen LogP contribution is 2.28. The van der Waals surface area contributed by atoms with Gasteiger partial charge in [-0.05, 0) is 43.9 Å². The average Bonchev–Trinajstić information content (AvgIpc) is 3.18. The quantitative estimate of drug-likeness (QED) is 0.682. The van der Waals surface area contributed by atoms with Crippen LogP contribution in [-0.4, -0.2) is 59.2 Å². The first-order valence-electron chi connectivity index (χ1n) is 9.65. The number of rotatable bonds is 5. The Kier molecular flexibility index (Phi) is 5.28. The molecule has 3 aromatic rings. The molecule has 1 N–H and O–H groups in total. The lowest BCUT2D eigenvalue weighted by Crippen LogP contribution is -2.47. The van der Waals surface area contributed by atoms with Crippen molar-refractivity contribution >= 4 is 26.9 Å². The predicted octanol–water partition coefficient (Wildman–Crippen LogP) is 2.03. The average molecular weight is 416 g/mol. The van der Waals surface area contributed by atoms with Crippen molar-refractivity contribution in [1.29, 1.82) is 0 Å². The van der Waals surface area contributed by atoms with Crippen molar-refractivity contribution in [2.24, 2.45) is 5.92 Å². The van der Waals surface area contributed by atoms with Gasteiger partial charge in [0.05, 0.1) is 10.3 Å². The number of hydrogen-bond donors (Lipinski definition) is 1. The number of aromatic nitrogens is 3. The summed E-state index contributed by atoms with van der Waals surface area (Å²) in [4.78, 5) is 8.89. The molecule has 8 nitrogen and oxygen atoms in total. The molecule has 4 rings (SSSR count). The van der Waals surface area contributed by atoms with Crippen LogP contribution >= 0.6 is 0 Å². The Morgan fingerprint density at radius 2 is 1.97 bits per heavy atom. The molecule has 1 unspecified atom stereocenters. The van der Waals surface area contributed by atoms with Crippen molar-refractivity contribution in [3.05, 3.63) is 48.4 Å². The monoisotopic (exact) mass is 415 g/mol. The molecule has 29 heavy (non-hydrogen) atoms. The minimum absolute atomic E-state index is 0.161. The van der Waals surface area contributed by atoms with Gasteiger partial charge in [-0.3, -0.25) is 5.01 Å². The summed E-state index contributed by atoms with van der Waals surface area (Å²) in [7, 11) is -1.85. The zero-order valence-electron chi connectivity index (χ0n) is 16.6. The number of aryl methyl sites for hydroxylation is 1. The lowest BCUT2D eigenvalue weighted by Gasteiger charge is -2.38. The van der Waals surface area contributed by atoms with Crippen molar-refractivity contribution < 1.29 is 13.5 Å². The van der Waals surface area contributed by atoms with E-state index in [4.69, 9.17) is 0 Å². The second-order valence-electron chi connectivity index (χ2n) is 7.49. The van der Waals surface area contributed by atoms with Crippen molar-refractivity contribution in [1.82, 2.24) is 18.9 Å². The van der Waals surface area contributed by atoms with Crippen LogP contribution in [0.15, 0.2) is 47.8 Å². The SMILES string of the molecule is Cc1ccc(S(=O)(=O)n2ccc3c(N(C)N4CCCC(CO)C4)ncnc32)cc1. The van der Waals surface area contributed by atoms with E-state index < -0.39 is 10.0 Å². The van der Waals surface area contributed by atoms with Crippen LogP contribution in [0.1, 0.15) is 18.4 Å². The topological polar surface area (TPSA) is 91.6 Å². The summed E-state index contributed by atoms with van der Waals surface area (Å²) in [5.74, 6) is 0.876. The summed E-state index contributed by atoms with van der Waals surface area (Å²) in [5, 5.41) is 14.3. The third-order valence-electron chi connectivity index (χ3n) is 5.49. The molecule has 3 heterocycles. The molecule has 0 amide bonds. The van der Waals surface area contributed by atoms with Crippen molar-refractivity contribution in [2.45, 2.75) is 24.7 Å². The van der Waals surface area contributed by atoms with E-state index in [1.807, 2.05) is 19.0 Å². The molecular formula is C20H25N5O3S. The lowest BCUT2D eigenvalue weighted by atomic mass is 10.0. The summed E-state index contributed by atoms with van der Waals surface area (Å²) < 4.78 is 27.5. The lowest BCUT2D eigenvalue weighted by molar-refractivity contribution is 0.116. The fraction of sp³-hybridized carbons (Fsp3) is 0.400. The molecule has 0 aliphatic carbocycles. The first kappa shape index (κ1) is 19.8. The van der Waals surface area contributed by atoms with E-state index in [2.05, 4.69) is 15.0 Å². The third kappa shape index (κ3) is 3.61. The highest BCUT2D eigenvalue weighted by molar-refractivity contribution is 7.90. The van der Waals surface area contributed by atoms with Gasteiger partial charge in [0.25, 0.3) is 10.0 Å². The highest BCUT2D eigenvalue weighted by Gasteiger charge is 2.26. The minimum Gasteiger partial charge on any atom is -0.396 e. The number of fused-ring (bicyclic) bond motifs is 1. The van der Waals surface area contributed by atoms with Gasteiger partial charge in [-0.25, -0.2) is 27.4 Å². The maximum atomic E-state index is 13.1. The molecule has 1 saturated heterocycles. The van der Waals surface area contributed by atoms with Crippen molar-refractivity contribution in [3.63, 3.8) is 0 Å². The maximum Gasteiger partial charge on any atom is 0.269 e. The third-order valence-corrected chi connectivity index (χ3v) is 7.17. The Morgan fingerprint density at radius 3 is 2.69 bits per heavy atom. The van der Waals surface area contributed by atoms with Gasteiger partial charge in [-0.15, -0.1) is 0 Å². The molecular weight excluding hydrogens is 390 g/mol. The van der Waals surface area contributed by atoms with E-state index in [0.29, 0.717) is 16.9 Å². The van der Waals surface area contributed by atoms with Gasteiger partial charge in [0.1, 0.15) is 6.33 Å². The number of anilines is 1. The first-order chi connectivity index (χ1) is 13.9. The van der Waals surface area contributed by atoms with Gasteiger partial charge in [0, 0.05) is 32.9 Å². The molecule has 0 radical (unpaired) electrons. The fourth-order valence-electron chi connectivity index (χ4n) is 3.79. The van der Waals surface area contributed by atoms with Crippen LogP contribution in [0.4, 0.5) is 5.82 Å². The van der Waals surface area contributed by atoms with E-state index in [9.17, 15) is 13.5 Å². The molecule has 1 fully saturated rings. The van der Waals surface area contributed by atoms with Crippen LogP contribution in [-0.2, 0) is 10.0 Å². The highest BCUT2D eigenvalue weighted by atomic mass is 32.2. The van der Waals surface area contributed by atoms with E-state index in [0.717, 1.165) is 31.5 Å². The number of hydrogen-bond acceptors (Lipinski definition) is 7. The van der Waals surface area contributed by atoms with Gasteiger partial charge in [-0.1, -0.05) is 17.7 Å². The number of aliphatic hydroxyl groups is 1. The zero-order valence-corrected chi connectivity index (χ0v) is 17.4. The summed E-state index contributed by atoms with van der Waals surface area (Å²) in [6.45, 7) is 3.68. The predicted molar refractivity (Wildman–Crippen MR) is 111 cm³/mol. The van der Waals surface area contributed by atoms with Crippen LogP contribution in [0.3, 0.4) is 0 Å². The minimum atomic E-state index is -3.76. The second-order valence-corrected chi connectivity index (χ2v) is 9.31. The number of piperidine rings is 1. The number of nitrogens with zero attached hydrogens (tertiary/aromatic N) is 5. The van der Waals surface area contributed by atoms with E-state index >= 15 is 0 Å². The van der Waals surface area contributed by atoms with Crippen LogP contribution in [0.5, 0.6) is 0 Å². The van der Waals surface area contributed by atoms with E-state index in [-0.39, 0.29) is 17.4 Å². The van der Waals surface area contributed by atoms with Gasteiger partial charge < -0.3 is 5.11 Å². The molecule has 1 aliphatic rings. The Morgan fingerprint density at radius 1 is 1.21 bits per heavy atom. The standard InChI is InChI=1S/C20H25N5O3S/c1-15-5-7-17(8-6-15)29(27,28)25-11-9-18-19(21-14-22-20(18)25)23(2)24-10-3-4-16(12-24)13-26/h5-9,11,14,16,26H,3-4,10,12-13H2,1-2H3.